The van der Waals surface area contributed by atoms with Crippen LogP contribution in [0.15, 0.2) is 0 Å². The molecular weight excluding hydrogens is 199 g/mol. The predicted molar refractivity (Wildman–Crippen MR) is 44.9 cm³/mol. The van der Waals surface area contributed by atoms with Gasteiger partial charge in [-0.25, -0.2) is 4.79 Å². The molecule has 14 heavy (non-hydrogen) atoms. The van der Waals surface area contributed by atoms with E-state index < -0.39 is 18.8 Å². The van der Waals surface area contributed by atoms with Crippen LogP contribution in [0.4, 0.5) is 18.0 Å². The minimum atomic E-state index is -4.37. The molecular formula is C8H14F3NO2. The molecule has 0 aromatic heterocycles. The first-order valence-corrected chi connectivity index (χ1v) is 4.39. The first-order chi connectivity index (χ1) is 6.40. The van der Waals surface area contributed by atoms with Crippen molar-refractivity contribution in [3.05, 3.63) is 0 Å². The second-order valence-electron chi connectivity index (χ2n) is 2.74. The van der Waals surface area contributed by atoms with E-state index >= 15 is 0 Å². The van der Waals surface area contributed by atoms with E-state index in [0.29, 0.717) is 11.3 Å². The van der Waals surface area contributed by atoms with E-state index in [9.17, 15) is 18.0 Å². The number of amides is 1. The summed E-state index contributed by atoms with van der Waals surface area (Å²) in [6.07, 6.45) is -4.82. The third-order valence-electron chi connectivity index (χ3n) is 1.39. The van der Waals surface area contributed by atoms with Gasteiger partial charge in [-0.05, 0) is 13.3 Å². The number of carbonyl (C=O) groups is 1. The molecule has 1 amide bonds. The molecule has 3 nitrogen and oxygen atoms in total. The molecule has 0 bridgehead atoms. The third kappa shape index (κ3) is 5.66. The van der Waals surface area contributed by atoms with E-state index in [2.05, 4.69) is 4.74 Å². The van der Waals surface area contributed by atoms with Crippen LogP contribution in [0.2, 0.25) is 0 Å². The van der Waals surface area contributed by atoms with Crippen LogP contribution in [0.5, 0.6) is 0 Å². The summed E-state index contributed by atoms with van der Waals surface area (Å²) in [7, 11) is 0. The van der Waals surface area contributed by atoms with E-state index in [1.165, 1.54) is 0 Å². The van der Waals surface area contributed by atoms with Gasteiger partial charge >= 0.3 is 12.3 Å². The van der Waals surface area contributed by atoms with Crippen LogP contribution in [0.25, 0.3) is 0 Å². The predicted octanol–water partition coefficient (Wildman–Crippen LogP) is 2.42. The topological polar surface area (TPSA) is 29.5 Å². The number of nitrogens with zero attached hydrogens (tertiary/aromatic N) is 1. The first kappa shape index (κ1) is 13.1. The van der Waals surface area contributed by atoms with Gasteiger partial charge in [0, 0.05) is 6.54 Å². The number of hydrogen-bond acceptors (Lipinski definition) is 2. The van der Waals surface area contributed by atoms with Gasteiger partial charge in [0.1, 0.15) is 6.54 Å². The van der Waals surface area contributed by atoms with Gasteiger partial charge in [-0.3, -0.25) is 4.90 Å². The van der Waals surface area contributed by atoms with Crippen molar-refractivity contribution >= 4 is 6.09 Å². The average molecular weight is 213 g/mol. The quantitative estimate of drug-likeness (QED) is 0.717. The maximum absolute atomic E-state index is 12.0. The van der Waals surface area contributed by atoms with Crippen molar-refractivity contribution in [2.24, 2.45) is 0 Å². The Labute approximate surface area is 80.8 Å². The standard InChI is InChI=1S/C8H14F3NO2/c1-3-5-12(6-8(9,10)11)7(13)14-4-2/h3-6H2,1-2H3. The van der Waals surface area contributed by atoms with Gasteiger partial charge in [0.25, 0.3) is 0 Å². The minimum absolute atomic E-state index is 0.0539. The smallest absolute Gasteiger partial charge is 0.410 e. The van der Waals surface area contributed by atoms with Gasteiger partial charge in [-0.1, -0.05) is 6.92 Å². The molecule has 0 heterocycles. The highest BCUT2D eigenvalue weighted by Crippen LogP contribution is 2.17. The van der Waals surface area contributed by atoms with Crippen LogP contribution >= 0.6 is 0 Å². The number of alkyl halides is 3. The highest BCUT2D eigenvalue weighted by molar-refractivity contribution is 5.67. The summed E-state index contributed by atoms with van der Waals surface area (Å²) in [6, 6.07) is 0. The highest BCUT2D eigenvalue weighted by Gasteiger charge is 2.33. The molecule has 0 aromatic rings. The van der Waals surface area contributed by atoms with Crippen LogP contribution in [0.1, 0.15) is 20.3 Å². The zero-order chi connectivity index (χ0) is 11.2. The molecule has 0 spiro atoms. The molecule has 0 radical (unpaired) electrons. The van der Waals surface area contributed by atoms with E-state index in [4.69, 9.17) is 0 Å². The Kier molecular flexibility index (Phi) is 5.34. The van der Waals surface area contributed by atoms with Crippen LogP contribution in [0, 0.1) is 0 Å². The highest BCUT2D eigenvalue weighted by atomic mass is 19.4. The lowest BCUT2D eigenvalue weighted by molar-refractivity contribution is -0.142. The van der Waals surface area contributed by atoms with Gasteiger partial charge in [0.15, 0.2) is 0 Å². The summed E-state index contributed by atoms with van der Waals surface area (Å²) >= 11 is 0. The zero-order valence-corrected chi connectivity index (χ0v) is 8.23. The van der Waals surface area contributed by atoms with Crippen LogP contribution in [-0.4, -0.2) is 36.9 Å². The van der Waals surface area contributed by atoms with Crippen molar-refractivity contribution in [2.75, 3.05) is 19.7 Å². The Morgan fingerprint density at radius 3 is 2.29 bits per heavy atom. The Morgan fingerprint density at radius 2 is 1.93 bits per heavy atom. The molecule has 0 atom stereocenters. The Morgan fingerprint density at radius 1 is 1.36 bits per heavy atom. The Balaban J connectivity index is 4.21. The summed E-state index contributed by atoms with van der Waals surface area (Å²) < 4.78 is 40.4. The number of halogens is 3. The van der Waals surface area contributed by atoms with Crippen LogP contribution in [-0.2, 0) is 4.74 Å². The normalized spacial score (nSPS) is 11.2. The fourth-order valence-corrected chi connectivity index (χ4v) is 0.936. The Hall–Kier alpha value is -0.940. The van der Waals surface area contributed by atoms with Gasteiger partial charge in [-0.15, -0.1) is 0 Å². The molecule has 0 aliphatic heterocycles. The first-order valence-electron chi connectivity index (χ1n) is 4.39. The summed E-state index contributed by atoms with van der Waals surface area (Å²) in [5.74, 6) is 0. The summed E-state index contributed by atoms with van der Waals surface area (Å²) in [4.78, 5) is 11.7. The lowest BCUT2D eigenvalue weighted by Gasteiger charge is -2.22. The summed E-state index contributed by atoms with van der Waals surface area (Å²) in [5, 5.41) is 0. The fourth-order valence-electron chi connectivity index (χ4n) is 0.936. The zero-order valence-electron chi connectivity index (χ0n) is 8.23. The largest absolute Gasteiger partial charge is 0.450 e. The van der Waals surface area contributed by atoms with Gasteiger partial charge in [-0.2, -0.15) is 13.2 Å². The van der Waals surface area contributed by atoms with Crippen LogP contribution in [0.3, 0.4) is 0 Å². The average Bonchev–Trinajstić information content (AvgIpc) is 2.01. The molecule has 0 aromatic carbocycles. The van der Waals surface area contributed by atoms with Crippen molar-refractivity contribution in [3.8, 4) is 0 Å². The lowest BCUT2D eigenvalue weighted by atomic mass is 10.4. The lowest BCUT2D eigenvalue weighted by Crippen LogP contribution is -2.39. The molecule has 0 N–H and O–H groups in total. The van der Waals surface area contributed by atoms with E-state index in [1.54, 1.807) is 13.8 Å². The molecule has 0 rings (SSSR count). The molecule has 84 valence electrons. The van der Waals surface area contributed by atoms with E-state index in [0.717, 1.165) is 0 Å². The number of ether oxygens (including phenoxy) is 1. The minimum Gasteiger partial charge on any atom is -0.450 e. The maximum atomic E-state index is 12.0. The van der Waals surface area contributed by atoms with Crippen molar-refractivity contribution in [1.82, 2.24) is 4.90 Å². The van der Waals surface area contributed by atoms with Gasteiger partial charge in [0.2, 0.25) is 0 Å². The molecule has 0 saturated heterocycles. The third-order valence-corrected chi connectivity index (χ3v) is 1.39. The second kappa shape index (κ2) is 5.72. The SMILES string of the molecule is CCCN(CC(F)(F)F)C(=O)OCC. The van der Waals surface area contributed by atoms with Crippen molar-refractivity contribution in [3.63, 3.8) is 0 Å². The molecule has 6 heteroatoms. The van der Waals surface area contributed by atoms with E-state index in [-0.39, 0.29) is 13.2 Å². The van der Waals surface area contributed by atoms with Crippen molar-refractivity contribution in [1.29, 1.82) is 0 Å². The number of hydrogen-bond donors (Lipinski definition) is 0. The van der Waals surface area contributed by atoms with E-state index in [1.807, 2.05) is 0 Å². The molecule has 0 unspecified atom stereocenters. The number of rotatable bonds is 4. The summed E-state index contributed by atoms with van der Waals surface area (Å²) in [6.45, 7) is 2.13. The van der Waals surface area contributed by atoms with Crippen LogP contribution < -0.4 is 0 Å². The fraction of sp³-hybridized carbons (Fsp3) is 0.875. The Bertz CT molecular complexity index is 182. The second-order valence-corrected chi connectivity index (χ2v) is 2.74. The molecule has 0 aliphatic rings. The number of carbonyl (C=O) groups excluding carboxylic acids is 1. The maximum Gasteiger partial charge on any atom is 0.410 e. The monoisotopic (exact) mass is 213 g/mol. The summed E-state index contributed by atoms with van der Waals surface area (Å²) in [5.41, 5.74) is 0. The van der Waals surface area contributed by atoms with Crippen molar-refractivity contribution in [2.45, 2.75) is 26.4 Å². The molecule has 0 saturated carbocycles. The van der Waals surface area contributed by atoms with Gasteiger partial charge < -0.3 is 4.74 Å². The molecule has 0 fully saturated rings. The van der Waals surface area contributed by atoms with Gasteiger partial charge in [0.05, 0.1) is 6.61 Å². The van der Waals surface area contributed by atoms with Crippen molar-refractivity contribution < 1.29 is 22.7 Å². The molecule has 0 aliphatic carbocycles.